The molecule has 3 rings (SSSR count). The van der Waals surface area contributed by atoms with E-state index < -0.39 is 17.1 Å². The Bertz CT molecular complexity index is 986. The van der Waals surface area contributed by atoms with Crippen molar-refractivity contribution < 1.29 is 4.39 Å². The average molecular weight is 298 g/mol. The summed E-state index contributed by atoms with van der Waals surface area (Å²) in [6.07, 6.45) is 0. The molecule has 0 atom stereocenters. The lowest BCUT2D eigenvalue weighted by Crippen LogP contribution is -2.39. The maximum atomic E-state index is 13.8. The molecule has 112 valence electrons. The zero-order valence-corrected chi connectivity index (χ0v) is 12.3. The highest BCUT2D eigenvalue weighted by Gasteiger charge is 2.12. The van der Waals surface area contributed by atoms with E-state index in [1.807, 2.05) is 13.0 Å². The summed E-state index contributed by atoms with van der Waals surface area (Å²) < 4.78 is 16.3. The third-order valence-corrected chi connectivity index (χ3v) is 3.79. The van der Waals surface area contributed by atoms with E-state index in [1.165, 1.54) is 10.6 Å². The largest absolute Gasteiger partial charge is 0.331 e. The number of nitrogens with zero attached hydrogens (tertiary/aromatic N) is 2. The number of fused-ring (bicyclic) bond motifs is 1. The molecule has 0 saturated heterocycles. The van der Waals surface area contributed by atoms with E-state index in [2.05, 4.69) is 0 Å². The minimum absolute atomic E-state index is 0.0813. The quantitative estimate of drug-likeness (QED) is 0.728. The van der Waals surface area contributed by atoms with Crippen LogP contribution in [0.5, 0.6) is 0 Å². The van der Waals surface area contributed by atoms with Crippen LogP contribution in [0, 0.1) is 12.7 Å². The SMILES string of the molecule is Cc1ccc2c(c1)c(=O)n(Cc1ccccc1F)c(=O)n2C. The van der Waals surface area contributed by atoms with Gasteiger partial charge in [-0.3, -0.25) is 13.9 Å². The van der Waals surface area contributed by atoms with Crippen LogP contribution in [-0.2, 0) is 13.6 Å². The third-order valence-electron chi connectivity index (χ3n) is 3.79. The van der Waals surface area contributed by atoms with Crippen molar-refractivity contribution in [1.82, 2.24) is 9.13 Å². The molecule has 0 N–H and O–H groups in total. The van der Waals surface area contributed by atoms with Gasteiger partial charge in [0.25, 0.3) is 5.56 Å². The standard InChI is InChI=1S/C17H15FN2O2/c1-11-7-8-15-13(9-11)16(21)20(17(22)19(15)2)10-12-5-3-4-6-14(12)18/h3-9H,10H2,1-2H3. The lowest BCUT2D eigenvalue weighted by Gasteiger charge is -2.11. The summed E-state index contributed by atoms with van der Waals surface area (Å²) in [4.78, 5) is 25.0. The van der Waals surface area contributed by atoms with Gasteiger partial charge in [-0.05, 0) is 25.1 Å². The second-order valence-corrected chi connectivity index (χ2v) is 5.34. The lowest BCUT2D eigenvalue weighted by molar-refractivity contribution is 0.583. The normalized spacial score (nSPS) is 11.0. The fourth-order valence-corrected chi connectivity index (χ4v) is 2.57. The summed E-state index contributed by atoms with van der Waals surface area (Å²) in [6.45, 7) is 1.80. The van der Waals surface area contributed by atoms with Gasteiger partial charge in [-0.2, -0.15) is 0 Å². The number of aromatic nitrogens is 2. The van der Waals surface area contributed by atoms with Crippen molar-refractivity contribution in [3.05, 3.63) is 80.2 Å². The zero-order chi connectivity index (χ0) is 15.9. The zero-order valence-electron chi connectivity index (χ0n) is 12.3. The van der Waals surface area contributed by atoms with E-state index in [4.69, 9.17) is 0 Å². The molecule has 0 spiro atoms. The number of hydrogen-bond acceptors (Lipinski definition) is 2. The molecule has 0 aliphatic carbocycles. The van der Waals surface area contributed by atoms with Gasteiger partial charge in [-0.15, -0.1) is 0 Å². The Morgan fingerprint density at radius 3 is 2.55 bits per heavy atom. The van der Waals surface area contributed by atoms with E-state index in [0.717, 1.165) is 10.1 Å². The van der Waals surface area contributed by atoms with E-state index in [0.29, 0.717) is 16.5 Å². The summed E-state index contributed by atoms with van der Waals surface area (Å²) in [7, 11) is 1.61. The van der Waals surface area contributed by atoms with Crippen molar-refractivity contribution >= 4 is 10.9 Å². The molecule has 1 aromatic heterocycles. The van der Waals surface area contributed by atoms with Gasteiger partial charge in [0.15, 0.2) is 0 Å². The Morgan fingerprint density at radius 1 is 1.09 bits per heavy atom. The molecule has 1 heterocycles. The van der Waals surface area contributed by atoms with Gasteiger partial charge < -0.3 is 0 Å². The number of halogens is 1. The van der Waals surface area contributed by atoms with Crippen molar-refractivity contribution in [3.8, 4) is 0 Å². The molecule has 3 aromatic rings. The summed E-state index contributed by atoms with van der Waals surface area (Å²) in [5.74, 6) is -0.430. The Kier molecular flexibility index (Phi) is 3.41. The second-order valence-electron chi connectivity index (χ2n) is 5.34. The molecular formula is C17H15FN2O2. The van der Waals surface area contributed by atoms with Crippen LogP contribution < -0.4 is 11.2 Å². The highest BCUT2D eigenvalue weighted by Crippen LogP contribution is 2.11. The Morgan fingerprint density at radius 2 is 1.82 bits per heavy atom. The highest BCUT2D eigenvalue weighted by atomic mass is 19.1. The van der Waals surface area contributed by atoms with E-state index >= 15 is 0 Å². The van der Waals surface area contributed by atoms with Crippen LogP contribution in [0.15, 0.2) is 52.1 Å². The minimum Gasteiger partial charge on any atom is -0.296 e. The Balaban J connectivity index is 2.29. The fourth-order valence-electron chi connectivity index (χ4n) is 2.57. The molecule has 22 heavy (non-hydrogen) atoms. The molecule has 0 saturated carbocycles. The maximum absolute atomic E-state index is 13.8. The molecule has 0 fully saturated rings. The van der Waals surface area contributed by atoms with Gasteiger partial charge in [-0.1, -0.05) is 29.8 Å². The fraction of sp³-hybridized carbons (Fsp3) is 0.176. The lowest BCUT2D eigenvalue weighted by atomic mass is 10.1. The highest BCUT2D eigenvalue weighted by molar-refractivity contribution is 5.78. The van der Waals surface area contributed by atoms with Crippen LogP contribution in [0.1, 0.15) is 11.1 Å². The molecule has 0 aliphatic rings. The smallest absolute Gasteiger partial charge is 0.296 e. The molecule has 0 aliphatic heterocycles. The predicted octanol–water partition coefficient (Wildman–Crippen LogP) is 2.20. The molecule has 0 unspecified atom stereocenters. The van der Waals surface area contributed by atoms with E-state index in [-0.39, 0.29) is 6.54 Å². The number of hydrogen-bond donors (Lipinski definition) is 0. The van der Waals surface area contributed by atoms with Crippen LogP contribution in [0.4, 0.5) is 4.39 Å². The molecule has 0 amide bonds. The maximum Gasteiger partial charge on any atom is 0.331 e. The van der Waals surface area contributed by atoms with Crippen molar-refractivity contribution in [3.63, 3.8) is 0 Å². The van der Waals surface area contributed by atoms with Gasteiger partial charge in [0.2, 0.25) is 0 Å². The van der Waals surface area contributed by atoms with E-state index in [9.17, 15) is 14.0 Å². The first-order valence-corrected chi connectivity index (χ1v) is 6.92. The Hall–Kier alpha value is -2.69. The van der Waals surface area contributed by atoms with E-state index in [1.54, 1.807) is 37.4 Å². The monoisotopic (exact) mass is 298 g/mol. The number of benzene rings is 2. The molecule has 4 nitrogen and oxygen atoms in total. The minimum atomic E-state index is -0.454. The van der Waals surface area contributed by atoms with Crippen molar-refractivity contribution in [2.75, 3.05) is 0 Å². The first-order chi connectivity index (χ1) is 10.5. The summed E-state index contributed by atoms with van der Waals surface area (Å²) >= 11 is 0. The van der Waals surface area contributed by atoms with Gasteiger partial charge in [0.1, 0.15) is 5.82 Å². The van der Waals surface area contributed by atoms with Crippen molar-refractivity contribution in [2.24, 2.45) is 7.05 Å². The van der Waals surface area contributed by atoms with Gasteiger partial charge in [0.05, 0.1) is 17.4 Å². The van der Waals surface area contributed by atoms with Crippen LogP contribution in [0.3, 0.4) is 0 Å². The molecule has 2 aromatic carbocycles. The molecular weight excluding hydrogens is 283 g/mol. The molecule has 0 bridgehead atoms. The predicted molar refractivity (Wildman–Crippen MR) is 83.7 cm³/mol. The number of rotatable bonds is 2. The Labute approximate surface area is 126 Å². The first kappa shape index (κ1) is 14.3. The van der Waals surface area contributed by atoms with Gasteiger partial charge >= 0.3 is 5.69 Å². The van der Waals surface area contributed by atoms with Crippen molar-refractivity contribution in [1.29, 1.82) is 0 Å². The van der Waals surface area contributed by atoms with Crippen LogP contribution in [-0.4, -0.2) is 9.13 Å². The average Bonchev–Trinajstić information content (AvgIpc) is 2.51. The van der Waals surface area contributed by atoms with Crippen molar-refractivity contribution in [2.45, 2.75) is 13.5 Å². The van der Waals surface area contributed by atoms with Crippen LogP contribution in [0.2, 0.25) is 0 Å². The third kappa shape index (κ3) is 2.24. The van der Waals surface area contributed by atoms with Gasteiger partial charge in [-0.25, -0.2) is 9.18 Å². The van der Waals surface area contributed by atoms with Crippen LogP contribution >= 0.6 is 0 Å². The topological polar surface area (TPSA) is 44.0 Å². The van der Waals surface area contributed by atoms with Gasteiger partial charge in [0, 0.05) is 12.6 Å². The van der Waals surface area contributed by atoms with Crippen LogP contribution in [0.25, 0.3) is 10.9 Å². The second kappa shape index (κ2) is 5.26. The summed E-state index contributed by atoms with van der Waals surface area (Å²) in [5.41, 5.74) is 0.967. The summed E-state index contributed by atoms with van der Waals surface area (Å²) in [6, 6.07) is 11.5. The molecule has 0 radical (unpaired) electrons. The summed E-state index contributed by atoms with van der Waals surface area (Å²) in [5, 5.41) is 0.457. The number of aryl methyl sites for hydroxylation is 2. The first-order valence-electron chi connectivity index (χ1n) is 6.92. The molecule has 5 heteroatoms.